The fourth-order valence-corrected chi connectivity index (χ4v) is 0.929. The molecule has 0 saturated carbocycles. The summed E-state index contributed by atoms with van der Waals surface area (Å²) in [5.41, 5.74) is 1.41. The van der Waals surface area contributed by atoms with Crippen LogP contribution in [0.3, 0.4) is 0 Å². The number of aromatic nitrogens is 1. The Labute approximate surface area is 77.3 Å². The molecule has 1 aromatic rings. The first-order valence-corrected chi connectivity index (χ1v) is 4.26. The van der Waals surface area contributed by atoms with Crippen molar-refractivity contribution < 1.29 is 9.32 Å². The number of hydrogen-bond donors (Lipinski definition) is 1. The number of anilines is 1. The molecule has 1 N–H and O–H groups in total. The van der Waals surface area contributed by atoms with Gasteiger partial charge in [-0.15, -0.1) is 0 Å². The molecule has 0 atom stereocenters. The Hall–Kier alpha value is -1.32. The first kappa shape index (κ1) is 9.77. The molecule has 1 heterocycles. The molecule has 72 valence electrons. The molecule has 0 saturated heterocycles. The highest BCUT2D eigenvalue weighted by Gasteiger charge is 2.13. The fraction of sp³-hybridized carbons (Fsp3) is 0.556. The quantitative estimate of drug-likeness (QED) is 0.759. The SMILES string of the molecule is Cc1noc(C)c1NC(=O)C(C)C. The van der Waals surface area contributed by atoms with Gasteiger partial charge in [0.2, 0.25) is 5.91 Å². The Morgan fingerprint density at radius 1 is 1.46 bits per heavy atom. The van der Waals surface area contributed by atoms with E-state index in [1.807, 2.05) is 13.8 Å². The molecule has 4 nitrogen and oxygen atoms in total. The maximum atomic E-state index is 11.3. The maximum Gasteiger partial charge on any atom is 0.227 e. The standard InChI is InChI=1S/C9H14N2O2/c1-5(2)9(12)10-8-6(3)11-13-7(8)4/h5H,1-4H3,(H,10,12). The number of rotatable bonds is 2. The van der Waals surface area contributed by atoms with Crippen LogP contribution in [0.2, 0.25) is 0 Å². The molecule has 1 amide bonds. The minimum Gasteiger partial charge on any atom is -0.359 e. The van der Waals surface area contributed by atoms with Crippen molar-refractivity contribution in [1.82, 2.24) is 5.16 Å². The van der Waals surface area contributed by atoms with Crippen molar-refractivity contribution in [2.45, 2.75) is 27.7 Å². The predicted molar refractivity (Wildman–Crippen MR) is 49.4 cm³/mol. The summed E-state index contributed by atoms with van der Waals surface area (Å²) in [4.78, 5) is 11.3. The van der Waals surface area contributed by atoms with E-state index < -0.39 is 0 Å². The number of nitrogens with zero attached hydrogens (tertiary/aromatic N) is 1. The summed E-state index contributed by atoms with van der Waals surface area (Å²) in [6, 6.07) is 0. The number of aryl methyl sites for hydroxylation is 2. The molecule has 0 unspecified atom stereocenters. The molecule has 0 aliphatic heterocycles. The molecule has 0 aliphatic carbocycles. The number of carbonyl (C=O) groups excluding carboxylic acids is 1. The Morgan fingerprint density at radius 3 is 2.46 bits per heavy atom. The molecule has 0 radical (unpaired) electrons. The van der Waals surface area contributed by atoms with Gasteiger partial charge in [0.05, 0.1) is 0 Å². The van der Waals surface area contributed by atoms with E-state index in [-0.39, 0.29) is 11.8 Å². The topological polar surface area (TPSA) is 55.1 Å². The van der Waals surface area contributed by atoms with Crippen molar-refractivity contribution in [1.29, 1.82) is 0 Å². The molecule has 0 fully saturated rings. The van der Waals surface area contributed by atoms with Crippen LogP contribution < -0.4 is 5.32 Å². The van der Waals surface area contributed by atoms with Gasteiger partial charge in [0.25, 0.3) is 0 Å². The average Bonchev–Trinajstić information content (AvgIpc) is 2.35. The first-order valence-electron chi connectivity index (χ1n) is 4.26. The minimum absolute atomic E-state index is 0.0191. The van der Waals surface area contributed by atoms with Gasteiger partial charge in [0.15, 0.2) is 5.76 Å². The third kappa shape index (κ3) is 2.08. The lowest BCUT2D eigenvalue weighted by Crippen LogP contribution is -2.18. The van der Waals surface area contributed by atoms with Gasteiger partial charge in [-0.25, -0.2) is 0 Å². The van der Waals surface area contributed by atoms with Gasteiger partial charge in [-0.3, -0.25) is 4.79 Å². The molecule has 4 heteroatoms. The zero-order valence-corrected chi connectivity index (χ0v) is 8.34. The van der Waals surface area contributed by atoms with Gasteiger partial charge >= 0.3 is 0 Å². The van der Waals surface area contributed by atoms with Gasteiger partial charge in [0, 0.05) is 5.92 Å². The van der Waals surface area contributed by atoms with Crippen LogP contribution in [0.5, 0.6) is 0 Å². The van der Waals surface area contributed by atoms with Crippen LogP contribution in [0.1, 0.15) is 25.3 Å². The number of nitrogens with one attached hydrogen (secondary N) is 1. The number of carbonyl (C=O) groups is 1. The second kappa shape index (κ2) is 3.60. The summed E-state index contributed by atoms with van der Waals surface area (Å²) in [6.07, 6.45) is 0. The molecule has 13 heavy (non-hydrogen) atoms. The van der Waals surface area contributed by atoms with E-state index in [0.717, 1.165) is 0 Å². The highest BCUT2D eigenvalue weighted by Crippen LogP contribution is 2.19. The Balaban J connectivity index is 2.79. The smallest absolute Gasteiger partial charge is 0.227 e. The van der Waals surface area contributed by atoms with Crippen molar-refractivity contribution in [3.05, 3.63) is 11.5 Å². The van der Waals surface area contributed by atoms with Gasteiger partial charge < -0.3 is 9.84 Å². The van der Waals surface area contributed by atoms with E-state index >= 15 is 0 Å². The third-order valence-corrected chi connectivity index (χ3v) is 1.81. The summed E-state index contributed by atoms with van der Waals surface area (Å²) in [6.45, 7) is 7.25. The average molecular weight is 182 g/mol. The normalized spacial score (nSPS) is 10.5. The van der Waals surface area contributed by atoms with Gasteiger partial charge in [-0.05, 0) is 13.8 Å². The van der Waals surface area contributed by atoms with E-state index in [1.54, 1.807) is 13.8 Å². The number of amides is 1. The van der Waals surface area contributed by atoms with Crippen LogP contribution in [0, 0.1) is 19.8 Å². The van der Waals surface area contributed by atoms with Crippen LogP contribution in [-0.2, 0) is 4.79 Å². The van der Waals surface area contributed by atoms with Crippen molar-refractivity contribution >= 4 is 11.6 Å². The molecule has 0 aromatic carbocycles. The number of hydrogen-bond acceptors (Lipinski definition) is 3. The molecule has 0 spiro atoms. The van der Waals surface area contributed by atoms with Crippen molar-refractivity contribution in [2.75, 3.05) is 5.32 Å². The van der Waals surface area contributed by atoms with E-state index in [4.69, 9.17) is 4.52 Å². The van der Waals surface area contributed by atoms with Gasteiger partial charge in [-0.1, -0.05) is 19.0 Å². The predicted octanol–water partition coefficient (Wildman–Crippen LogP) is 1.89. The molecule has 0 bridgehead atoms. The second-order valence-corrected chi connectivity index (χ2v) is 3.34. The molecular formula is C9H14N2O2. The zero-order chi connectivity index (χ0) is 10.0. The van der Waals surface area contributed by atoms with E-state index in [0.29, 0.717) is 17.1 Å². The molecule has 1 aromatic heterocycles. The lowest BCUT2D eigenvalue weighted by Gasteiger charge is -2.05. The lowest BCUT2D eigenvalue weighted by atomic mass is 10.2. The van der Waals surface area contributed by atoms with Gasteiger partial charge in [0.1, 0.15) is 11.4 Å². The molecule has 0 aliphatic rings. The fourth-order valence-electron chi connectivity index (χ4n) is 0.929. The van der Waals surface area contributed by atoms with Crippen LogP contribution in [0.25, 0.3) is 0 Å². The third-order valence-electron chi connectivity index (χ3n) is 1.81. The highest BCUT2D eigenvalue weighted by atomic mass is 16.5. The Bertz CT molecular complexity index is 296. The van der Waals surface area contributed by atoms with E-state index in [9.17, 15) is 4.79 Å². The van der Waals surface area contributed by atoms with Crippen LogP contribution in [0.15, 0.2) is 4.52 Å². The summed E-state index contributed by atoms with van der Waals surface area (Å²) in [5.74, 6) is 0.592. The largest absolute Gasteiger partial charge is 0.359 e. The van der Waals surface area contributed by atoms with E-state index in [1.165, 1.54) is 0 Å². The first-order chi connectivity index (χ1) is 6.02. The van der Waals surface area contributed by atoms with Crippen molar-refractivity contribution in [2.24, 2.45) is 5.92 Å². The molecular weight excluding hydrogens is 168 g/mol. The summed E-state index contributed by atoms with van der Waals surface area (Å²) in [7, 11) is 0. The van der Waals surface area contributed by atoms with Crippen molar-refractivity contribution in [3.63, 3.8) is 0 Å². The lowest BCUT2D eigenvalue weighted by molar-refractivity contribution is -0.118. The Morgan fingerprint density at radius 2 is 2.08 bits per heavy atom. The summed E-state index contributed by atoms with van der Waals surface area (Å²) >= 11 is 0. The minimum atomic E-state index is -0.0336. The second-order valence-electron chi connectivity index (χ2n) is 3.34. The van der Waals surface area contributed by atoms with Gasteiger partial charge in [-0.2, -0.15) is 0 Å². The van der Waals surface area contributed by atoms with Crippen LogP contribution in [0.4, 0.5) is 5.69 Å². The molecule has 1 rings (SSSR count). The summed E-state index contributed by atoms with van der Waals surface area (Å²) < 4.78 is 4.91. The van der Waals surface area contributed by atoms with E-state index in [2.05, 4.69) is 10.5 Å². The Kier molecular flexibility index (Phi) is 2.70. The summed E-state index contributed by atoms with van der Waals surface area (Å²) in [5, 5.41) is 6.50. The highest BCUT2D eigenvalue weighted by molar-refractivity contribution is 5.92. The van der Waals surface area contributed by atoms with Crippen LogP contribution in [-0.4, -0.2) is 11.1 Å². The van der Waals surface area contributed by atoms with Crippen LogP contribution >= 0.6 is 0 Å². The maximum absolute atomic E-state index is 11.3. The zero-order valence-electron chi connectivity index (χ0n) is 8.34. The monoisotopic (exact) mass is 182 g/mol. The van der Waals surface area contributed by atoms with Crippen molar-refractivity contribution in [3.8, 4) is 0 Å².